The van der Waals surface area contributed by atoms with Crippen molar-refractivity contribution in [2.75, 3.05) is 58.3 Å². The van der Waals surface area contributed by atoms with Crippen LogP contribution in [0.2, 0.25) is 0 Å². The van der Waals surface area contributed by atoms with Crippen molar-refractivity contribution in [1.29, 1.82) is 0 Å². The van der Waals surface area contributed by atoms with Crippen molar-refractivity contribution in [3.8, 4) is 0 Å². The van der Waals surface area contributed by atoms with Crippen LogP contribution in [0.25, 0.3) is 0 Å². The first-order chi connectivity index (χ1) is 12.1. The van der Waals surface area contributed by atoms with E-state index < -0.39 is 0 Å². The first-order valence-electron chi connectivity index (χ1n) is 9.09. The molecule has 0 saturated carbocycles. The summed E-state index contributed by atoms with van der Waals surface area (Å²) in [5.41, 5.74) is 2.63. The number of benzene rings is 1. The second kappa shape index (κ2) is 7.87. The average Bonchev–Trinajstić information content (AvgIpc) is 2.93. The molecule has 1 unspecified atom stereocenters. The van der Waals surface area contributed by atoms with Crippen molar-refractivity contribution >= 4 is 17.5 Å². The molecule has 1 aromatic rings. The van der Waals surface area contributed by atoms with Crippen molar-refractivity contribution < 1.29 is 9.59 Å². The Hall–Kier alpha value is -2.08. The Bertz CT molecular complexity index is 634. The molecule has 1 N–H and O–H groups in total. The quantitative estimate of drug-likeness (QED) is 0.868. The number of anilines is 1. The van der Waals surface area contributed by atoms with Crippen molar-refractivity contribution in [3.05, 3.63) is 29.8 Å². The van der Waals surface area contributed by atoms with Gasteiger partial charge in [-0.25, -0.2) is 0 Å². The molecule has 136 valence electrons. The highest BCUT2D eigenvalue weighted by Gasteiger charge is 2.28. The van der Waals surface area contributed by atoms with E-state index >= 15 is 0 Å². The van der Waals surface area contributed by atoms with Crippen LogP contribution in [0.5, 0.6) is 0 Å². The van der Waals surface area contributed by atoms with Crippen LogP contribution in [0.4, 0.5) is 5.69 Å². The lowest BCUT2D eigenvalue weighted by molar-refractivity contribution is -0.132. The van der Waals surface area contributed by atoms with Gasteiger partial charge in [0.2, 0.25) is 11.8 Å². The van der Waals surface area contributed by atoms with Crippen LogP contribution in [0.15, 0.2) is 24.3 Å². The van der Waals surface area contributed by atoms with E-state index in [1.165, 1.54) is 11.3 Å². The van der Waals surface area contributed by atoms with Gasteiger partial charge in [0.15, 0.2) is 0 Å². The minimum absolute atomic E-state index is 0.0139. The fourth-order valence-corrected chi connectivity index (χ4v) is 3.80. The summed E-state index contributed by atoms with van der Waals surface area (Å²) in [4.78, 5) is 31.1. The summed E-state index contributed by atoms with van der Waals surface area (Å²) in [7, 11) is 3.66. The van der Waals surface area contributed by atoms with Gasteiger partial charge in [-0.15, -0.1) is 0 Å². The average molecular weight is 344 g/mol. The SMILES string of the molecule is CNC(=O)C1CN(C)CCN(C(=O)CCN2CCc3ccccc32)C1. The molecular formula is C19H28N4O2. The molecule has 6 nitrogen and oxygen atoms in total. The predicted molar refractivity (Wildman–Crippen MR) is 98.6 cm³/mol. The van der Waals surface area contributed by atoms with Gasteiger partial charge in [0, 0.05) is 58.4 Å². The van der Waals surface area contributed by atoms with E-state index in [1.807, 2.05) is 11.9 Å². The van der Waals surface area contributed by atoms with Gasteiger partial charge in [-0.05, 0) is 25.1 Å². The van der Waals surface area contributed by atoms with Crippen LogP contribution in [0.1, 0.15) is 12.0 Å². The lowest BCUT2D eigenvalue weighted by atomic mass is 10.1. The molecule has 25 heavy (non-hydrogen) atoms. The molecular weight excluding hydrogens is 316 g/mol. The number of rotatable bonds is 4. The van der Waals surface area contributed by atoms with Crippen molar-refractivity contribution in [2.24, 2.45) is 5.92 Å². The molecule has 3 rings (SSSR count). The first-order valence-corrected chi connectivity index (χ1v) is 9.09. The molecule has 0 aromatic heterocycles. The van der Waals surface area contributed by atoms with E-state index in [0.29, 0.717) is 26.1 Å². The lowest BCUT2D eigenvalue weighted by Crippen LogP contribution is -2.42. The Balaban J connectivity index is 1.58. The zero-order valence-electron chi connectivity index (χ0n) is 15.2. The number of para-hydroxylation sites is 1. The molecule has 0 spiro atoms. The summed E-state index contributed by atoms with van der Waals surface area (Å²) < 4.78 is 0. The highest BCUT2D eigenvalue weighted by Crippen LogP contribution is 2.27. The van der Waals surface area contributed by atoms with E-state index in [4.69, 9.17) is 0 Å². The number of likely N-dealkylation sites (N-methyl/N-ethyl adjacent to an activating group) is 1. The van der Waals surface area contributed by atoms with Gasteiger partial charge >= 0.3 is 0 Å². The molecule has 1 atom stereocenters. The summed E-state index contributed by atoms with van der Waals surface area (Å²) in [5, 5.41) is 2.72. The largest absolute Gasteiger partial charge is 0.370 e. The Morgan fingerprint density at radius 3 is 2.76 bits per heavy atom. The molecule has 2 heterocycles. The monoisotopic (exact) mass is 344 g/mol. The summed E-state index contributed by atoms with van der Waals surface area (Å²) in [6, 6.07) is 8.42. The van der Waals surface area contributed by atoms with Crippen molar-refractivity contribution in [3.63, 3.8) is 0 Å². The maximum Gasteiger partial charge on any atom is 0.225 e. The molecule has 6 heteroatoms. The molecule has 1 fully saturated rings. The predicted octanol–water partition coefficient (Wildman–Crippen LogP) is 0.575. The fourth-order valence-electron chi connectivity index (χ4n) is 3.80. The molecule has 1 saturated heterocycles. The number of hydrogen-bond donors (Lipinski definition) is 1. The third kappa shape index (κ3) is 4.12. The number of nitrogens with zero attached hydrogens (tertiary/aromatic N) is 3. The van der Waals surface area contributed by atoms with E-state index in [2.05, 4.69) is 39.4 Å². The van der Waals surface area contributed by atoms with Gasteiger partial charge in [-0.3, -0.25) is 9.59 Å². The number of hydrogen-bond acceptors (Lipinski definition) is 4. The highest BCUT2D eigenvalue weighted by molar-refractivity contribution is 5.81. The summed E-state index contributed by atoms with van der Waals surface area (Å²) in [6.45, 7) is 4.44. The van der Waals surface area contributed by atoms with Crippen molar-refractivity contribution in [2.45, 2.75) is 12.8 Å². The van der Waals surface area contributed by atoms with Crippen LogP contribution >= 0.6 is 0 Å². The maximum atomic E-state index is 12.7. The second-order valence-corrected chi connectivity index (χ2v) is 7.03. The van der Waals surface area contributed by atoms with Crippen LogP contribution < -0.4 is 10.2 Å². The molecule has 0 radical (unpaired) electrons. The Morgan fingerprint density at radius 1 is 1.16 bits per heavy atom. The lowest BCUT2D eigenvalue weighted by Gasteiger charge is -2.25. The van der Waals surface area contributed by atoms with E-state index in [0.717, 1.165) is 26.1 Å². The van der Waals surface area contributed by atoms with Crippen molar-refractivity contribution in [1.82, 2.24) is 15.1 Å². The van der Waals surface area contributed by atoms with Gasteiger partial charge in [0.1, 0.15) is 0 Å². The highest BCUT2D eigenvalue weighted by atomic mass is 16.2. The zero-order chi connectivity index (χ0) is 17.8. The molecule has 2 aliphatic rings. The maximum absolute atomic E-state index is 12.7. The van der Waals surface area contributed by atoms with Gasteiger partial charge in [0.05, 0.1) is 5.92 Å². The van der Waals surface area contributed by atoms with Gasteiger partial charge in [-0.1, -0.05) is 18.2 Å². The molecule has 0 aliphatic carbocycles. The molecule has 0 bridgehead atoms. The smallest absolute Gasteiger partial charge is 0.225 e. The molecule has 2 amide bonds. The molecule has 2 aliphatic heterocycles. The standard InChI is InChI=1S/C19H28N4O2/c1-20-19(25)16-13-21(2)11-12-23(14-16)18(24)8-10-22-9-7-15-5-3-4-6-17(15)22/h3-6,16H,7-14H2,1-2H3,(H,20,25). The van der Waals surface area contributed by atoms with Gasteiger partial charge in [-0.2, -0.15) is 0 Å². The van der Waals surface area contributed by atoms with Gasteiger partial charge in [0.25, 0.3) is 0 Å². The second-order valence-electron chi connectivity index (χ2n) is 7.03. The van der Waals surface area contributed by atoms with Crippen LogP contribution in [0.3, 0.4) is 0 Å². The number of carbonyl (C=O) groups is 2. The Morgan fingerprint density at radius 2 is 1.96 bits per heavy atom. The van der Waals surface area contributed by atoms with Crippen LogP contribution in [-0.4, -0.2) is 75.0 Å². The Labute approximate surface area is 149 Å². The minimum atomic E-state index is -0.158. The topological polar surface area (TPSA) is 55.9 Å². The first kappa shape index (κ1) is 17.7. The normalized spacial score (nSPS) is 21.0. The minimum Gasteiger partial charge on any atom is -0.370 e. The van der Waals surface area contributed by atoms with E-state index in [-0.39, 0.29) is 17.7 Å². The Kier molecular flexibility index (Phi) is 5.58. The van der Waals surface area contributed by atoms with E-state index in [9.17, 15) is 9.59 Å². The number of amides is 2. The number of nitrogens with one attached hydrogen (secondary N) is 1. The summed E-state index contributed by atoms with van der Waals surface area (Å²) >= 11 is 0. The summed E-state index contributed by atoms with van der Waals surface area (Å²) in [5.74, 6) is 0.00238. The summed E-state index contributed by atoms with van der Waals surface area (Å²) in [6.07, 6.45) is 1.55. The van der Waals surface area contributed by atoms with E-state index in [1.54, 1.807) is 7.05 Å². The molecule has 1 aromatic carbocycles. The number of carbonyl (C=O) groups excluding carboxylic acids is 2. The number of fused-ring (bicyclic) bond motifs is 1. The van der Waals surface area contributed by atoms with Gasteiger partial charge < -0.3 is 20.0 Å². The van der Waals surface area contributed by atoms with Crippen LogP contribution in [-0.2, 0) is 16.0 Å². The zero-order valence-corrected chi connectivity index (χ0v) is 15.2. The fraction of sp³-hybridized carbons (Fsp3) is 0.579. The third-order valence-corrected chi connectivity index (χ3v) is 5.27. The van der Waals surface area contributed by atoms with Crippen LogP contribution in [0, 0.1) is 5.92 Å². The third-order valence-electron chi connectivity index (χ3n) is 5.27.